The molecule has 1 N–H and O–H groups in total. The van der Waals surface area contributed by atoms with Crippen LogP contribution in [0.2, 0.25) is 0 Å². The van der Waals surface area contributed by atoms with Crippen LogP contribution in [0.15, 0.2) is 59.1 Å². The van der Waals surface area contributed by atoms with E-state index in [2.05, 4.69) is 11.4 Å². The number of nitrogens with one attached hydrogen (secondary N) is 1. The van der Waals surface area contributed by atoms with E-state index in [1.54, 1.807) is 30.2 Å². The van der Waals surface area contributed by atoms with Crippen LogP contribution >= 0.6 is 11.8 Å². The number of hydrogen-bond acceptors (Lipinski definition) is 7. The van der Waals surface area contributed by atoms with Crippen LogP contribution in [0, 0.1) is 0 Å². The maximum atomic E-state index is 13.5. The number of anilines is 1. The van der Waals surface area contributed by atoms with Gasteiger partial charge in [0.25, 0.3) is 0 Å². The molecule has 4 rings (SSSR count). The molecule has 2 aromatic rings. The summed E-state index contributed by atoms with van der Waals surface area (Å²) < 4.78 is 16.4. The number of para-hydroxylation sites is 2. The molecule has 2 aromatic carbocycles. The Hall–Kier alpha value is -3.46. The van der Waals surface area contributed by atoms with E-state index in [0.29, 0.717) is 46.9 Å². The lowest BCUT2D eigenvalue weighted by molar-refractivity contribution is -0.128. The molecular formula is C29H35N3O5S. The van der Waals surface area contributed by atoms with Gasteiger partial charge in [-0.05, 0) is 63.3 Å². The largest absolute Gasteiger partial charge is 0.497 e. The lowest BCUT2D eigenvalue weighted by Crippen LogP contribution is -2.34. The number of ether oxygens (including phenoxy) is 3. The molecule has 1 saturated heterocycles. The van der Waals surface area contributed by atoms with Gasteiger partial charge >= 0.3 is 0 Å². The summed E-state index contributed by atoms with van der Waals surface area (Å²) in [5, 5.41) is 2.90. The predicted molar refractivity (Wildman–Crippen MR) is 152 cm³/mol. The van der Waals surface area contributed by atoms with Crippen molar-refractivity contribution >= 4 is 40.1 Å². The molecule has 1 aliphatic carbocycles. The minimum Gasteiger partial charge on any atom is -0.497 e. The van der Waals surface area contributed by atoms with Crippen LogP contribution in [-0.4, -0.2) is 54.5 Å². The fourth-order valence-electron chi connectivity index (χ4n) is 4.52. The first-order valence-electron chi connectivity index (χ1n) is 13.0. The van der Waals surface area contributed by atoms with Gasteiger partial charge in [-0.1, -0.05) is 35.5 Å². The van der Waals surface area contributed by atoms with Crippen LogP contribution in [0.3, 0.4) is 0 Å². The summed E-state index contributed by atoms with van der Waals surface area (Å²) in [4.78, 5) is 33.1. The Labute approximate surface area is 228 Å². The number of nitrogens with zero attached hydrogens (tertiary/aromatic N) is 2. The first-order valence-corrected chi connectivity index (χ1v) is 13.9. The maximum Gasteiger partial charge on any atom is 0.242 e. The van der Waals surface area contributed by atoms with Crippen molar-refractivity contribution in [3.63, 3.8) is 0 Å². The number of amidine groups is 1. The van der Waals surface area contributed by atoms with Crippen molar-refractivity contribution < 1.29 is 23.8 Å². The van der Waals surface area contributed by atoms with Gasteiger partial charge in [0.15, 0.2) is 5.17 Å². The number of aliphatic imine (C=N–C) groups is 1. The van der Waals surface area contributed by atoms with Gasteiger partial charge < -0.3 is 19.5 Å². The fourth-order valence-corrected chi connectivity index (χ4v) is 5.70. The molecule has 1 heterocycles. The van der Waals surface area contributed by atoms with E-state index in [1.165, 1.54) is 37.3 Å². The highest BCUT2D eigenvalue weighted by Crippen LogP contribution is 2.36. The highest BCUT2D eigenvalue weighted by molar-refractivity contribution is 8.15. The first-order chi connectivity index (χ1) is 18.5. The molecule has 0 radical (unpaired) electrons. The summed E-state index contributed by atoms with van der Waals surface area (Å²) in [5.74, 6) is 1.40. The van der Waals surface area contributed by atoms with Crippen LogP contribution in [-0.2, 0) is 9.59 Å². The third-order valence-corrected chi connectivity index (χ3v) is 7.67. The van der Waals surface area contributed by atoms with Crippen LogP contribution < -0.4 is 19.5 Å². The number of thioether (sulfide) groups is 1. The topological polar surface area (TPSA) is 89.5 Å². The van der Waals surface area contributed by atoms with Crippen molar-refractivity contribution in [2.45, 2.75) is 50.7 Å². The summed E-state index contributed by atoms with van der Waals surface area (Å²) >= 11 is 1.33. The van der Waals surface area contributed by atoms with E-state index in [-0.39, 0.29) is 18.2 Å². The Morgan fingerprint density at radius 1 is 1.13 bits per heavy atom. The summed E-state index contributed by atoms with van der Waals surface area (Å²) in [5.41, 5.74) is 2.57. The van der Waals surface area contributed by atoms with Crippen molar-refractivity contribution in [3.8, 4) is 17.2 Å². The third-order valence-electron chi connectivity index (χ3n) is 6.50. The molecule has 0 aromatic heterocycles. The predicted octanol–water partition coefficient (Wildman–Crippen LogP) is 5.95. The summed E-state index contributed by atoms with van der Waals surface area (Å²) in [7, 11) is 3.10. The number of allylic oxidation sites excluding steroid dienone is 1. The van der Waals surface area contributed by atoms with E-state index in [9.17, 15) is 9.59 Å². The fraction of sp³-hybridized carbons (Fsp3) is 0.414. The zero-order valence-corrected chi connectivity index (χ0v) is 23.0. The molecule has 1 fully saturated rings. The molecule has 1 aliphatic heterocycles. The molecule has 0 spiro atoms. The molecule has 9 heteroatoms. The molecule has 8 nitrogen and oxygen atoms in total. The van der Waals surface area contributed by atoms with Gasteiger partial charge in [0.1, 0.15) is 28.2 Å². The number of hydrogen-bond donors (Lipinski definition) is 1. The molecule has 1 atom stereocenters. The van der Waals surface area contributed by atoms with Gasteiger partial charge in [-0.3, -0.25) is 14.5 Å². The Kier molecular flexibility index (Phi) is 9.70. The van der Waals surface area contributed by atoms with Crippen molar-refractivity contribution in [2.24, 2.45) is 4.99 Å². The van der Waals surface area contributed by atoms with Crippen LogP contribution in [0.1, 0.15) is 45.4 Å². The number of amides is 2. The lowest BCUT2D eigenvalue weighted by atomic mass is 9.97. The molecule has 2 aliphatic rings. The summed E-state index contributed by atoms with van der Waals surface area (Å²) in [6.45, 7) is 2.98. The normalized spacial score (nSPS) is 18.3. The average Bonchev–Trinajstić information content (AvgIpc) is 3.22. The SMILES string of the molecule is CCOc1ccccc1N=C1S[C@@H](CC(=O)Nc2ccc(OC)cc2OC)C(=O)N1CCC1=CCCCC1. The minimum atomic E-state index is -0.572. The van der Waals surface area contributed by atoms with E-state index < -0.39 is 5.25 Å². The molecular weight excluding hydrogens is 502 g/mol. The number of carbonyl (C=O) groups excluding carboxylic acids is 2. The number of carbonyl (C=O) groups is 2. The molecule has 202 valence electrons. The van der Waals surface area contributed by atoms with Gasteiger partial charge in [-0.2, -0.15) is 0 Å². The number of benzene rings is 2. The highest BCUT2D eigenvalue weighted by Gasteiger charge is 2.39. The van der Waals surface area contributed by atoms with E-state index in [1.807, 2.05) is 31.2 Å². The van der Waals surface area contributed by atoms with Crippen molar-refractivity contribution in [3.05, 3.63) is 54.1 Å². The zero-order valence-electron chi connectivity index (χ0n) is 22.2. The summed E-state index contributed by atoms with van der Waals surface area (Å²) in [6, 6.07) is 12.7. The smallest absolute Gasteiger partial charge is 0.242 e. The third kappa shape index (κ3) is 6.89. The second-order valence-electron chi connectivity index (χ2n) is 9.07. The van der Waals surface area contributed by atoms with Crippen LogP contribution in [0.25, 0.3) is 0 Å². The number of rotatable bonds is 11. The standard InChI is InChI=1S/C29H35N3O5S/c1-4-37-24-13-9-8-12-22(24)31-29-32(17-16-20-10-6-5-7-11-20)28(34)26(38-29)19-27(33)30-23-15-14-21(35-2)18-25(23)36-3/h8-10,12-15,18,26H,4-7,11,16-17,19H2,1-3H3,(H,30,33)/t26-/m0/s1. The van der Waals surface area contributed by atoms with Gasteiger partial charge in [0.2, 0.25) is 11.8 Å². The Bertz CT molecular complexity index is 1210. The molecule has 0 bridgehead atoms. The second-order valence-corrected chi connectivity index (χ2v) is 10.2. The van der Waals surface area contributed by atoms with Crippen molar-refractivity contribution in [2.75, 3.05) is 32.7 Å². The lowest BCUT2D eigenvalue weighted by Gasteiger charge is -2.19. The number of methoxy groups -OCH3 is 2. The zero-order chi connectivity index (χ0) is 26.9. The Morgan fingerprint density at radius 3 is 2.71 bits per heavy atom. The Balaban J connectivity index is 1.52. The van der Waals surface area contributed by atoms with E-state index in [4.69, 9.17) is 19.2 Å². The van der Waals surface area contributed by atoms with Crippen LogP contribution in [0.4, 0.5) is 11.4 Å². The quantitative estimate of drug-likeness (QED) is 0.356. The average molecular weight is 538 g/mol. The van der Waals surface area contributed by atoms with Crippen molar-refractivity contribution in [1.82, 2.24) is 4.90 Å². The Morgan fingerprint density at radius 2 is 1.97 bits per heavy atom. The monoisotopic (exact) mass is 537 g/mol. The molecule has 0 unspecified atom stereocenters. The first kappa shape index (κ1) is 27.6. The van der Waals surface area contributed by atoms with E-state index >= 15 is 0 Å². The summed E-state index contributed by atoms with van der Waals surface area (Å²) in [6.07, 6.45) is 7.70. The van der Waals surface area contributed by atoms with Gasteiger partial charge in [-0.15, -0.1) is 0 Å². The van der Waals surface area contributed by atoms with E-state index in [0.717, 1.165) is 19.3 Å². The van der Waals surface area contributed by atoms with Gasteiger partial charge in [0.05, 0.1) is 26.5 Å². The van der Waals surface area contributed by atoms with Gasteiger partial charge in [-0.25, -0.2) is 4.99 Å². The maximum absolute atomic E-state index is 13.5. The minimum absolute atomic E-state index is 0.0179. The molecule has 2 amide bonds. The molecule has 0 saturated carbocycles. The highest BCUT2D eigenvalue weighted by atomic mass is 32.2. The second kappa shape index (κ2) is 13.4. The van der Waals surface area contributed by atoms with Gasteiger partial charge in [0, 0.05) is 19.0 Å². The van der Waals surface area contributed by atoms with Crippen LogP contribution in [0.5, 0.6) is 17.2 Å². The molecule has 38 heavy (non-hydrogen) atoms. The van der Waals surface area contributed by atoms with Crippen molar-refractivity contribution in [1.29, 1.82) is 0 Å².